The first-order valence-electron chi connectivity index (χ1n) is 14.6. The zero-order valence-corrected chi connectivity index (χ0v) is 23.8. The van der Waals surface area contributed by atoms with Gasteiger partial charge in [0, 0.05) is 37.9 Å². The maximum atomic E-state index is 13.7. The van der Waals surface area contributed by atoms with Crippen LogP contribution in [0.25, 0.3) is 5.57 Å². The number of nitrogens with one attached hydrogen (secondary N) is 1. The Labute approximate surface area is 236 Å². The normalized spacial score (nSPS) is 31.6. The van der Waals surface area contributed by atoms with Crippen LogP contribution in [-0.2, 0) is 10.0 Å². The van der Waals surface area contributed by atoms with Gasteiger partial charge in [0.1, 0.15) is 0 Å². The van der Waals surface area contributed by atoms with Crippen LogP contribution in [0.5, 0.6) is 0 Å². The summed E-state index contributed by atoms with van der Waals surface area (Å²) in [6, 6.07) is 16.7. The van der Waals surface area contributed by atoms with Gasteiger partial charge in [-0.25, -0.2) is 13.2 Å². The van der Waals surface area contributed by atoms with E-state index in [1.807, 2.05) is 29.2 Å². The van der Waals surface area contributed by atoms with Gasteiger partial charge in [0.2, 0.25) is 10.0 Å². The van der Waals surface area contributed by atoms with E-state index in [0.29, 0.717) is 50.4 Å². The van der Waals surface area contributed by atoms with Crippen LogP contribution in [0.4, 0.5) is 21.9 Å². The first-order valence-corrected chi connectivity index (χ1v) is 16.4. The van der Waals surface area contributed by atoms with Crippen LogP contribution in [0, 0.1) is 17.8 Å². The van der Waals surface area contributed by atoms with Gasteiger partial charge in [-0.1, -0.05) is 30.3 Å². The van der Waals surface area contributed by atoms with Crippen LogP contribution in [0.2, 0.25) is 0 Å². The highest BCUT2D eigenvalue weighted by molar-refractivity contribution is 7.88. The van der Waals surface area contributed by atoms with Crippen molar-refractivity contribution in [3.8, 4) is 0 Å². The maximum absolute atomic E-state index is 13.7. The van der Waals surface area contributed by atoms with Gasteiger partial charge in [-0.05, 0) is 91.7 Å². The summed E-state index contributed by atoms with van der Waals surface area (Å²) in [5, 5.41) is 14.4. The number of carbonyl (C=O) groups excluding carboxylic acids is 1. The van der Waals surface area contributed by atoms with E-state index >= 15 is 0 Å². The van der Waals surface area contributed by atoms with Crippen LogP contribution in [0.3, 0.4) is 0 Å². The van der Waals surface area contributed by atoms with E-state index in [1.54, 1.807) is 0 Å². The Morgan fingerprint density at radius 1 is 0.950 bits per heavy atom. The van der Waals surface area contributed by atoms with Crippen LogP contribution in [0.15, 0.2) is 54.6 Å². The number of urea groups is 1. The second-order valence-corrected chi connectivity index (χ2v) is 14.6. The van der Waals surface area contributed by atoms with E-state index in [9.17, 15) is 18.3 Å². The van der Waals surface area contributed by atoms with Gasteiger partial charge in [0.25, 0.3) is 0 Å². The predicted octanol–water partition coefficient (Wildman–Crippen LogP) is 4.34. The van der Waals surface area contributed by atoms with E-state index in [0.717, 1.165) is 54.7 Å². The predicted molar refractivity (Wildman–Crippen MR) is 157 cm³/mol. The smallest absolute Gasteiger partial charge is 0.322 e. The van der Waals surface area contributed by atoms with Gasteiger partial charge in [-0.15, -0.1) is 0 Å². The molecule has 6 aliphatic rings. The van der Waals surface area contributed by atoms with Gasteiger partial charge in [-0.2, -0.15) is 4.31 Å². The molecule has 0 aromatic heterocycles. The third-order valence-corrected chi connectivity index (χ3v) is 11.2. The third kappa shape index (κ3) is 4.62. The molecule has 212 valence electrons. The average molecular weight is 563 g/mol. The van der Waals surface area contributed by atoms with Crippen molar-refractivity contribution < 1.29 is 18.3 Å². The fourth-order valence-electron chi connectivity index (χ4n) is 8.35. The monoisotopic (exact) mass is 562 g/mol. The molecule has 4 aliphatic carbocycles. The van der Waals surface area contributed by atoms with Crippen molar-refractivity contribution in [3.63, 3.8) is 0 Å². The standard InChI is InChI=1S/C31H38N4O4S/c1-40(38,39)33-12-10-23(11-13-33)22-6-8-26(9-7-22)34-14-15-35(28-5-3-2-4-27(28)34)30(36)32-29-24-16-21-17-25(29)20-31(37,18-21)19-24/h2-10,21,24-25,29,37H,11-20H2,1H3,(H,32,36). The molecule has 2 aromatic carbocycles. The lowest BCUT2D eigenvalue weighted by Gasteiger charge is -2.58. The van der Waals surface area contributed by atoms with Crippen molar-refractivity contribution in [3.05, 3.63) is 60.2 Å². The van der Waals surface area contributed by atoms with Crippen LogP contribution < -0.4 is 15.1 Å². The Morgan fingerprint density at radius 2 is 1.65 bits per heavy atom. The summed E-state index contributed by atoms with van der Waals surface area (Å²) in [6.45, 7) is 2.20. The number of nitrogens with zero attached hydrogens (tertiary/aromatic N) is 3. The van der Waals surface area contributed by atoms with E-state index in [1.165, 1.54) is 16.1 Å². The molecule has 0 saturated heterocycles. The molecule has 0 radical (unpaired) electrons. The number of carbonyl (C=O) groups is 1. The molecule has 4 saturated carbocycles. The molecule has 4 fully saturated rings. The molecule has 2 unspecified atom stereocenters. The van der Waals surface area contributed by atoms with E-state index in [-0.39, 0.29) is 12.1 Å². The summed E-state index contributed by atoms with van der Waals surface area (Å²) in [6.07, 6.45) is 8.79. The Hall–Kier alpha value is -2.88. The largest absolute Gasteiger partial charge is 0.390 e. The molecule has 0 spiro atoms. The second-order valence-electron chi connectivity index (χ2n) is 12.6. The van der Waals surface area contributed by atoms with E-state index in [2.05, 4.69) is 40.5 Å². The summed E-state index contributed by atoms with van der Waals surface area (Å²) in [7, 11) is -3.17. The summed E-state index contributed by atoms with van der Waals surface area (Å²) in [5.74, 6) is 1.37. The minimum absolute atomic E-state index is 0.0284. The second kappa shape index (κ2) is 9.60. The average Bonchev–Trinajstić information content (AvgIpc) is 2.93. The number of para-hydroxylation sites is 2. The lowest BCUT2D eigenvalue weighted by Crippen LogP contribution is -2.63. The van der Waals surface area contributed by atoms with Crippen molar-refractivity contribution in [2.24, 2.45) is 17.8 Å². The highest BCUT2D eigenvalue weighted by Gasteiger charge is 2.55. The van der Waals surface area contributed by atoms with Crippen LogP contribution >= 0.6 is 0 Å². The molecule has 40 heavy (non-hydrogen) atoms. The van der Waals surface area contributed by atoms with Crippen LogP contribution in [-0.4, -0.2) is 67.9 Å². The number of fused-ring (bicyclic) bond motifs is 1. The molecule has 8 rings (SSSR count). The number of rotatable bonds is 4. The van der Waals surface area contributed by atoms with Crippen molar-refractivity contribution in [1.82, 2.24) is 9.62 Å². The fourth-order valence-corrected chi connectivity index (χ4v) is 9.12. The quantitative estimate of drug-likeness (QED) is 0.578. The zero-order chi connectivity index (χ0) is 27.6. The van der Waals surface area contributed by atoms with E-state index < -0.39 is 15.6 Å². The van der Waals surface area contributed by atoms with Crippen molar-refractivity contribution in [2.45, 2.75) is 50.2 Å². The number of hydrogen-bond acceptors (Lipinski definition) is 5. The van der Waals surface area contributed by atoms with E-state index in [4.69, 9.17) is 0 Å². The van der Waals surface area contributed by atoms with Crippen LogP contribution in [0.1, 0.15) is 44.1 Å². The van der Waals surface area contributed by atoms with Gasteiger partial charge in [-0.3, -0.25) is 4.90 Å². The lowest BCUT2D eigenvalue weighted by molar-refractivity contribution is -0.136. The molecule has 8 nitrogen and oxygen atoms in total. The van der Waals surface area contributed by atoms with Crippen molar-refractivity contribution in [2.75, 3.05) is 42.2 Å². The zero-order valence-electron chi connectivity index (χ0n) is 23.0. The number of hydrogen-bond donors (Lipinski definition) is 2. The topological polar surface area (TPSA) is 93.2 Å². The first kappa shape index (κ1) is 26.0. The molecule has 2 N–H and O–H groups in total. The molecule has 2 atom stereocenters. The fraction of sp³-hybridized carbons (Fsp3) is 0.516. The number of sulfonamides is 1. The maximum Gasteiger partial charge on any atom is 0.322 e. The van der Waals surface area contributed by atoms with Gasteiger partial charge in [0.15, 0.2) is 0 Å². The number of aliphatic hydroxyl groups is 1. The van der Waals surface area contributed by atoms with Gasteiger partial charge >= 0.3 is 6.03 Å². The van der Waals surface area contributed by atoms with Crippen molar-refractivity contribution in [1.29, 1.82) is 0 Å². The molecule has 2 aliphatic heterocycles. The SMILES string of the molecule is CS(=O)(=O)N1CC=C(c2ccc(N3CCN(C(=O)NC4C5CC6CC4CC(O)(C6)C5)c4ccccc43)cc2)CC1. The molecule has 2 amide bonds. The third-order valence-electron chi connectivity index (χ3n) is 9.98. The van der Waals surface area contributed by atoms with Crippen molar-refractivity contribution >= 4 is 38.7 Å². The molecule has 2 aromatic rings. The summed E-state index contributed by atoms with van der Waals surface area (Å²) in [4.78, 5) is 17.8. The highest BCUT2D eigenvalue weighted by atomic mass is 32.2. The number of anilines is 3. The number of amides is 2. The minimum atomic E-state index is -3.17. The molecule has 9 heteroatoms. The Bertz CT molecular complexity index is 1440. The minimum Gasteiger partial charge on any atom is -0.390 e. The molecular weight excluding hydrogens is 524 g/mol. The summed E-state index contributed by atoms with van der Waals surface area (Å²) < 4.78 is 25.2. The first-order chi connectivity index (χ1) is 19.2. The molecular formula is C31H38N4O4S. The summed E-state index contributed by atoms with van der Waals surface area (Å²) >= 11 is 0. The highest BCUT2D eigenvalue weighted by Crippen LogP contribution is 2.55. The van der Waals surface area contributed by atoms with Gasteiger partial charge in [0.05, 0.1) is 23.2 Å². The Kier molecular flexibility index (Phi) is 6.25. The molecule has 2 heterocycles. The Balaban J connectivity index is 1.07. The van der Waals surface area contributed by atoms with Gasteiger partial charge < -0.3 is 15.3 Å². The lowest BCUT2D eigenvalue weighted by atomic mass is 9.52. The molecule has 4 bridgehead atoms. The summed E-state index contributed by atoms with van der Waals surface area (Å²) in [5.41, 5.74) is 4.77. The number of benzene rings is 2. The Morgan fingerprint density at radius 3 is 2.27 bits per heavy atom.